The van der Waals surface area contributed by atoms with Crippen molar-refractivity contribution < 1.29 is 27.1 Å². The fourth-order valence-corrected chi connectivity index (χ4v) is 3.94. The Bertz CT molecular complexity index is 951. The Hall–Kier alpha value is -2.58. The van der Waals surface area contributed by atoms with Crippen LogP contribution in [0.5, 0.6) is 5.75 Å². The number of carbonyl (C=O) groups is 2. The molecule has 0 N–H and O–H groups in total. The minimum absolute atomic E-state index is 0.112. The van der Waals surface area contributed by atoms with Gasteiger partial charge in [-0.05, 0) is 49.4 Å². The van der Waals surface area contributed by atoms with Crippen LogP contribution < -0.4 is 4.74 Å². The third-order valence-corrected chi connectivity index (χ3v) is 6.02. The molecule has 2 rings (SSSR count). The number of nitrogens with zero attached hydrogens (tertiary/aromatic N) is 1. The van der Waals surface area contributed by atoms with Crippen molar-refractivity contribution >= 4 is 21.8 Å². The fourth-order valence-electron chi connectivity index (χ4n) is 2.45. The van der Waals surface area contributed by atoms with Crippen molar-refractivity contribution in [1.82, 2.24) is 4.31 Å². The smallest absolute Gasteiger partial charge is 0.346 e. The minimum atomic E-state index is -3.84. The van der Waals surface area contributed by atoms with E-state index in [2.05, 4.69) is 0 Å². The highest BCUT2D eigenvalue weighted by Crippen LogP contribution is 2.21. The van der Waals surface area contributed by atoms with Gasteiger partial charge in [-0.15, -0.1) is 0 Å². The Balaban J connectivity index is 2.32. The predicted molar refractivity (Wildman–Crippen MR) is 97.9 cm³/mol. The summed E-state index contributed by atoms with van der Waals surface area (Å²) in [6.07, 6.45) is 0. The summed E-state index contributed by atoms with van der Waals surface area (Å²) in [5, 5.41) is 0. The Labute approximate surface area is 157 Å². The van der Waals surface area contributed by atoms with Crippen LogP contribution in [0.2, 0.25) is 0 Å². The number of benzene rings is 2. The Morgan fingerprint density at radius 3 is 2.15 bits per heavy atom. The van der Waals surface area contributed by atoms with Crippen molar-refractivity contribution in [1.29, 1.82) is 0 Å². The van der Waals surface area contributed by atoms with Gasteiger partial charge in [0.05, 0.1) is 10.5 Å². The lowest BCUT2D eigenvalue weighted by Crippen LogP contribution is -2.30. The van der Waals surface area contributed by atoms with E-state index in [9.17, 15) is 22.4 Å². The predicted octanol–water partition coefficient (Wildman–Crippen LogP) is 3.28. The zero-order valence-corrected chi connectivity index (χ0v) is 16.0. The van der Waals surface area contributed by atoms with Crippen LogP contribution in [-0.4, -0.2) is 37.6 Å². The Morgan fingerprint density at radius 2 is 1.63 bits per heavy atom. The van der Waals surface area contributed by atoms with Crippen LogP contribution in [0.1, 0.15) is 41.5 Å². The highest BCUT2D eigenvalue weighted by molar-refractivity contribution is 7.89. The van der Waals surface area contributed by atoms with Gasteiger partial charge in [-0.3, -0.25) is 4.79 Å². The monoisotopic (exact) mass is 393 g/mol. The minimum Gasteiger partial charge on any atom is -0.423 e. The van der Waals surface area contributed by atoms with Gasteiger partial charge in [-0.1, -0.05) is 13.8 Å². The lowest BCUT2D eigenvalue weighted by atomic mass is 10.1. The lowest BCUT2D eigenvalue weighted by molar-refractivity contribution is 0.0729. The summed E-state index contributed by atoms with van der Waals surface area (Å²) in [6, 6.07) is 8.76. The molecule has 0 aliphatic rings. The van der Waals surface area contributed by atoms with Gasteiger partial charge in [0.1, 0.15) is 11.6 Å². The first-order valence-corrected chi connectivity index (χ1v) is 9.77. The average molecular weight is 393 g/mol. The van der Waals surface area contributed by atoms with Crippen molar-refractivity contribution in [2.75, 3.05) is 13.1 Å². The van der Waals surface area contributed by atoms with Crippen LogP contribution >= 0.6 is 0 Å². The molecule has 27 heavy (non-hydrogen) atoms. The van der Waals surface area contributed by atoms with E-state index in [4.69, 9.17) is 4.74 Å². The maximum absolute atomic E-state index is 14.1. The largest absolute Gasteiger partial charge is 0.423 e. The second kappa shape index (κ2) is 8.41. The molecular formula is C19H20FNO5S. The zero-order chi connectivity index (χ0) is 20.2. The van der Waals surface area contributed by atoms with Crippen LogP contribution in [0.25, 0.3) is 0 Å². The fraction of sp³-hybridized carbons (Fsp3) is 0.263. The molecule has 0 amide bonds. The SMILES string of the molecule is CCN(CC)S(=O)(=O)c1ccc(F)c(C(=O)Oc2ccc(C(C)=O)cc2)c1. The summed E-state index contributed by atoms with van der Waals surface area (Å²) in [7, 11) is -3.84. The van der Waals surface area contributed by atoms with Gasteiger partial charge < -0.3 is 4.74 Å². The first-order chi connectivity index (χ1) is 12.7. The first-order valence-electron chi connectivity index (χ1n) is 8.33. The molecular weight excluding hydrogens is 373 g/mol. The number of ketones is 1. The topological polar surface area (TPSA) is 80.8 Å². The number of ether oxygens (including phenoxy) is 1. The van der Waals surface area contributed by atoms with E-state index in [0.717, 1.165) is 18.2 Å². The van der Waals surface area contributed by atoms with E-state index in [-0.39, 0.29) is 29.5 Å². The third-order valence-electron chi connectivity index (χ3n) is 3.97. The molecule has 8 heteroatoms. The van der Waals surface area contributed by atoms with Gasteiger partial charge in [-0.2, -0.15) is 4.31 Å². The summed E-state index contributed by atoms with van der Waals surface area (Å²) in [4.78, 5) is 23.4. The molecule has 0 unspecified atom stereocenters. The summed E-state index contributed by atoms with van der Waals surface area (Å²) in [5.41, 5.74) is -0.0489. The van der Waals surface area contributed by atoms with Gasteiger partial charge in [0.2, 0.25) is 10.0 Å². The molecule has 0 fully saturated rings. The third kappa shape index (κ3) is 4.58. The van der Waals surface area contributed by atoms with E-state index in [0.29, 0.717) is 5.56 Å². The van der Waals surface area contributed by atoms with E-state index >= 15 is 0 Å². The molecule has 0 saturated heterocycles. The summed E-state index contributed by atoms with van der Waals surface area (Å²) >= 11 is 0. The molecule has 0 atom stereocenters. The quantitative estimate of drug-likeness (QED) is 0.410. The van der Waals surface area contributed by atoms with E-state index in [1.807, 2.05) is 0 Å². The lowest BCUT2D eigenvalue weighted by Gasteiger charge is -2.18. The highest BCUT2D eigenvalue weighted by atomic mass is 32.2. The maximum atomic E-state index is 14.1. The van der Waals surface area contributed by atoms with E-state index in [1.165, 1.54) is 35.5 Å². The molecule has 144 valence electrons. The van der Waals surface area contributed by atoms with Crippen LogP contribution in [-0.2, 0) is 10.0 Å². The van der Waals surface area contributed by atoms with Gasteiger partial charge in [0, 0.05) is 18.7 Å². The molecule has 0 bridgehead atoms. The Morgan fingerprint density at radius 1 is 1.04 bits per heavy atom. The van der Waals surface area contributed by atoms with Crippen LogP contribution in [0.4, 0.5) is 4.39 Å². The number of esters is 1. The number of rotatable bonds is 7. The number of halogens is 1. The normalized spacial score (nSPS) is 11.4. The molecule has 2 aromatic carbocycles. The number of Topliss-reactive ketones (excluding diaryl/α,β-unsaturated/α-hetero) is 1. The molecule has 6 nitrogen and oxygen atoms in total. The molecule has 0 heterocycles. The van der Waals surface area contributed by atoms with Gasteiger partial charge >= 0.3 is 5.97 Å². The van der Waals surface area contributed by atoms with Crippen molar-refractivity contribution in [3.63, 3.8) is 0 Å². The van der Waals surface area contributed by atoms with Crippen molar-refractivity contribution in [3.8, 4) is 5.75 Å². The van der Waals surface area contributed by atoms with E-state index in [1.54, 1.807) is 13.8 Å². The molecule has 0 aliphatic heterocycles. The van der Waals surface area contributed by atoms with Crippen LogP contribution in [0.3, 0.4) is 0 Å². The van der Waals surface area contributed by atoms with Crippen LogP contribution in [0, 0.1) is 5.82 Å². The zero-order valence-electron chi connectivity index (χ0n) is 15.2. The molecule has 0 aromatic heterocycles. The molecule has 0 saturated carbocycles. The molecule has 0 radical (unpaired) electrons. The number of hydrogen-bond acceptors (Lipinski definition) is 5. The van der Waals surface area contributed by atoms with Crippen LogP contribution in [0.15, 0.2) is 47.4 Å². The van der Waals surface area contributed by atoms with Crippen molar-refractivity contribution in [3.05, 3.63) is 59.4 Å². The summed E-state index contributed by atoms with van der Waals surface area (Å²) in [6.45, 7) is 5.27. The second-order valence-corrected chi connectivity index (χ2v) is 7.64. The van der Waals surface area contributed by atoms with E-state index < -0.39 is 27.4 Å². The summed E-state index contributed by atoms with van der Waals surface area (Å²) < 4.78 is 45.5. The van der Waals surface area contributed by atoms with Gasteiger partial charge in [0.25, 0.3) is 0 Å². The number of hydrogen-bond donors (Lipinski definition) is 0. The molecule has 2 aromatic rings. The van der Waals surface area contributed by atoms with Gasteiger partial charge in [0.15, 0.2) is 5.78 Å². The summed E-state index contributed by atoms with van der Waals surface area (Å²) in [5.74, 6) is -1.95. The molecule has 0 spiro atoms. The number of carbonyl (C=O) groups excluding carboxylic acids is 2. The standard InChI is InChI=1S/C19H20FNO5S/c1-4-21(5-2)27(24,25)16-10-11-18(20)17(12-16)19(23)26-15-8-6-14(7-9-15)13(3)22/h6-12H,4-5H2,1-3H3. The Kier molecular flexibility index (Phi) is 6.45. The number of sulfonamides is 1. The van der Waals surface area contributed by atoms with Crippen molar-refractivity contribution in [2.45, 2.75) is 25.7 Å². The average Bonchev–Trinajstić information content (AvgIpc) is 2.63. The maximum Gasteiger partial charge on any atom is 0.346 e. The van der Waals surface area contributed by atoms with Gasteiger partial charge in [-0.25, -0.2) is 17.6 Å². The first kappa shape index (κ1) is 20.7. The highest BCUT2D eigenvalue weighted by Gasteiger charge is 2.25. The molecule has 0 aliphatic carbocycles. The second-order valence-electron chi connectivity index (χ2n) is 5.70. The van der Waals surface area contributed by atoms with Crippen molar-refractivity contribution in [2.24, 2.45) is 0 Å².